The van der Waals surface area contributed by atoms with Crippen LogP contribution in [-0.2, 0) is 27.9 Å². The number of alkyl halides is 3. The van der Waals surface area contributed by atoms with Crippen molar-refractivity contribution in [2.24, 2.45) is 0 Å². The second-order valence-electron chi connectivity index (χ2n) is 11.0. The Kier molecular flexibility index (Phi) is 8.92. The van der Waals surface area contributed by atoms with Crippen LogP contribution in [0.5, 0.6) is 0 Å². The summed E-state index contributed by atoms with van der Waals surface area (Å²) in [6.45, 7) is 3.11. The summed E-state index contributed by atoms with van der Waals surface area (Å²) in [6, 6.07) is 13.8. The highest BCUT2D eigenvalue weighted by Crippen LogP contribution is 2.44. The summed E-state index contributed by atoms with van der Waals surface area (Å²) < 4.78 is 58.7. The minimum Gasteiger partial charge on any atom is -0.438 e. The number of benzene rings is 3. The number of halogens is 6. The van der Waals surface area contributed by atoms with Gasteiger partial charge in [-0.1, -0.05) is 41.4 Å². The van der Waals surface area contributed by atoms with Crippen LogP contribution in [0.2, 0.25) is 10.0 Å². The molecule has 2 aliphatic heterocycles. The minimum absolute atomic E-state index is 0.0464. The maximum absolute atomic E-state index is 14.1. The molecule has 2 aliphatic rings. The van der Waals surface area contributed by atoms with Gasteiger partial charge < -0.3 is 15.0 Å². The van der Waals surface area contributed by atoms with Crippen molar-refractivity contribution in [2.45, 2.75) is 56.5 Å². The van der Waals surface area contributed by atoms with Crippen molar-refractivity contribution < 1.29 is 31.9 Å². The van der Waals surface area contributed by atoms with Crippen LogP contribution in [0.15, 0.2) is 60.7 Å². The molecular weight excluding hydrogens is 609 g/mol. The summed E-state index contributed by atoms with van der Waals surface area (Å²) in [5.74, 6) is -1.36. The average Bonchev–Trinajstić information content (AvgIpc) is 2.96. The lowest BCUT2D eigenvalue weighted by Crippen LogP contribution is -2.50. The number of piperidine rings is 1. The number of hydrogen-bond donors (Lipinski definition) is 2. The topological polar surface area (TPSA) is 70.7 Å². The molecule has 2 atom stereocenters. The van der Waals surface area contributed by atoms with Gasteiger partial charge in [0.15, 0.2) is 0 Å². The van der Waals surface area contributed by atoms with E-state index < -0.39 is 35.2 Å². The highest BCUT2D eigenvalue weighted by atomic mass is 35.5. The van der Waals surface area contributed by atoms with Crippen LogP contribution in [0.25, 0.3) is 0 Å². The molecule has 2 heterocycles. The van der Waals surface area contributed by atoms with Gasteiger partial charge in [0.05, 0.1) is 27.2 Å². The van der Waals surface area contributed by atoms with E-state index in [0.717, 1.165) is 12.1 Å². The zero-order valence-electron chi connectivity index (χ0n) is 23.1. The molecule has 43 heavy (non-hydrogen) atoms. The van der Waals surface area contributed by atoms with Gasteiger partial charge >= 0.3 is 12.3 Å². The monoisotopic (exact) mass is 637 g/mol. The van der Waals surface area contributed by atoms with Crippen molar-refractivity contribution in [3.8, 4) is 0 Å². The molecule has 0 bridgehead atoms. The molecule has 0 radical (unpaired) electrons. The third kappa shape index (κ3) is 6.92. The van der Waals surface area contributed by atoms with E-state index in [1.165, 1.54) is 30.3 Å². The van der Waals surface area contributed by atoms with E-state index in [9.17, 15) is 27.2 Å². The number of carbonyl (C=O) groups is 2. The molecule has 2 N–H and O–H groups in total. The molecule has 1 fully saturated rings. The number of nitrogens with one attached hydrogen (secondary N) is 2. The SMILES string of the molecule is CC(CC(C(=O)NCc1ccc(C(F)(F)F)cc1)c1ccc(Cl)c(Cl)c1)N1CCC2(CC1)OC(=O)Nc1ccc(F)cc12. The fraction of sp³-hybridized carbons (Fsp3) is 0.355. The number of likely N-dealkylation sites (tertiary alicyclic amines) is 1. The molecule has 12 heteroatoms. The van der Waals surface area contributed by atoms with Gasteiger partial charge in [-0.2, -0.15) is 13.2 Å². The summed E-state index contributed by atoms with van der Waals surface area (Å²) >= 11 is 12.4. The number of fused-ring (bicyclic) bond motifs is 2. The van der Waals surface area contributed by atoms with Gasteiger partial charge in [-0.3, -0.25) is 10.1 Å². The Balaban J connectivity index is 1.29. The van der Waals surface area contributed by atoms with Gasteiger partial charge in [0.2, 0.25) is 5.91 Å². The minimum atomic E-state index is -4.44. The summed E-state index contributed by atoms with van der Waals surface area (Å²) in [5, 5.41) is 6.13. The maximum Gasteiger partial charge on any atom is 0.416 e. The van der Waals surface area contributed by atoms with Gasteiger partial charge in [-0.05, 0) is 66.9 Å². The van der Waals surface area contributed by atoms with Crippen molar-refractivity contribution >= 4 is 40.9 Å². The lowest BCUT2D eigenvalue weighted by molar-refractivity contribution is -0.137. The number of carbonyl (C=O) groups excluding carboxylic acids is 2. The van der Waals surface area contributed by atoms with Crippen LogP contribution in [0.3, 0.4) is 0 Å². The Morgan fingerprint density at radius 1 is 1.05 bits per heavy atom. The van der Waals surface area contributed by atoms with E-state index in [0.29, 0.717) is 64.8 Å². The van der Waals surface area contributed by atoms with Crippen LogP contribution < -0.4 is 10.6 Å². The normalized spacial score (nSPS) is 17.9. The van der Waals surface area contributed by atoms with Crippen molar-refractivity contribution in [1.29, 1.82) is 0 Å². The number of rotatable bonds is 7. The van der Waals surface area contributed by atoms with Crippen molar-refractivity contribution in [3.05, 3.63) is 98.8 Å². The smallest absolute Gasteiger partial charge is 0.416 e. The van der Waals surface area contributed by atoms with E-state index in [-0.39, 0.29) is 18.5 Å². The highest BCUT2D eigenvalue weighted by Gasteiger charge is 2.45. The first kappa shape index (κ1) is 31.1. The molecule has 228 valence electrons. The molecule has 6 nitrogen and oxygen atoms in total. The summed E-state index contributed by atoms with van der Waals surface area (Å²) in [7, 11) is 0. The molecule has 1 spiro atoms. The van der Waals surface area contributed by atoms with Gasteiger partial charge in [-0.25, -0.2) is 9.18 Å². The summed E-state index contributed by atoms with van der Waals surface area (Å²) in [6.07, 6.45) is -3.74. The Morgan fingerprint density at radius 3 is 2.40 bits per heavy atom. The number of ether oxygens (including phenoxy) is 1. The first-order chi connectivity index (χ1) is 20.3. The molecule has 2 unspecified atom stereocenters. The average molecular weight is 638 g/mol. The molecule has 3 aromatic rings. The number of nitrogens with zero attached hydrogens (tertiary/aromatic N) is 1. The highest BCUT2D eigenvalue weighted by molar-refractivity contribution is 6.42. The van der Waals surface area contributed by atoms with Gasteiger partial charge in [0.1, 0.15) is 11.4 Å². The van der Waals surface area contributed by atoms with Crippen LogP contribution in [-0.4, -0.2) is 36.0 Å². The van der Waals surface area contributed by atoms with Crippen molar-refractivity contribution in [1.82, 2.24) is 10.2 Å². The van der Waals surface area contributed by atoms with Crippen LogP contribution in [0.1, 0.15) is 54.4 Å². The van der Waals surface area contributed by atoms with Gasteiger partial charge in [0, 0.05) is 44.1 Å². The van der Waals surface area contributed by atoms with Crippen molar-refractivity contribution in [2.75, 3.05) is 18.4 Å². The second kappa shape index (κ2) is 12.3. The first-order valence-corrected chi connectivity index (χ1v) is 14.5. The van der Waals surface area contributed by atoms with Crippen molar-refractivity contribution in [3.63, 3.8) is 0 Å². The summed E-state index contributed by atoms with van der Waals surface area (Å²) in [4.78, 5) is 28.0. The summed E-state index contributed by atoms with van der Waals surface area (Å²) in [5.41, 5.74) is 0.603. The molecule has 3 aromatic carbocycles. The zero-order valence-corrected chi connectivity index (χ0v) is 24.6. The third-order valence-electron chi connectivity index (χ3n) is 8.21. The Labute approximate surface area is 256 Å². The Hall–Kier alpha value is -3.34. The predicted octanol–water partition coefficient (Wildman–Crippen LogP) is 7.88. The number of amides is 2. The molecule has 5 rings (SSSR count). The van der Waals surface area contributed by atoms with Gasteiger partial charge in [-0.15, -0.1) is 0 Å². The molecular formula is C31H29Cl2F4N3O3. The first-order valence-electron chi connectivity index (χ1n) is 13.8. The fourth-order valence-corrected chi connectivity index (χ4v) is 6.11. The fourth-order valence-electron chi connectivity index (χ4n) is 5.81. The zero-order chi connectivity index (χ0) is 30.9. The second-order valence-corrected chi connectivity index (χ2v) is 11.8. The van der Waals surface area contributed by atoms with E-state index in [2.05, 4.69) is 15.5 Å². The molecule has 0 aromatic heterocycles. The number of hydrogen-bond acceptors (Lipinski definition) is 4. The van der Waals surface area contributed by atoms with E-state index in [1.807, 2.05) is 6.92 Å². The lowest BCUT2D eigenvalue weighted by Gasteiger charge is -2.46. The van der Waals surface area contributed by atoms with Gasteiger partial charge in [0.25, 0.3) is 0 Å². The maximum atomic E-state index is 14.1. The Bertz CT molecular complexity index is 1510. The third-order valence-corrected chi connectivity index (χ3v) is 8.95. The molecule has 0 saturated carbocycles. The Morgan fingerprint density at radius 2 is 1.74 bits per heavy atom. The molecule has 1 saturated heterocycles. The van der Waals surface area contributed by atoms with E-state index in [4.69, 9.17) is 27.9 Å². The quantitative estimate of drug-likeness (QED) is 0.259. The largest absolute Gasteiger partial charge is 0.438 e. The molecule has 0 aliphatic carbocycles. The molecule has 2 amide bonds. The number of anilines is 1. The predicted molar refractivity (Wildman–Crippen MR) is 156 cm³/mol. The van der Waals surface area contributed by atoms with Crippen LogP contribution >= 0.6 is 23.2 Å². The standard InChI is InChI=1S/C31H29Cl2F4N3O3/c1-18(40-12-10-30(11-13-40)24-16-22(34)7-9-27(24)39-29(42)43-30)14-23(20-4-8-25(32)26(33)15-20)28(41)38-17-19-2-5-21(6-3-19)31(35,36)37/h2-9,15-16,18,23H,10-14,17H2,1H3,(H,38,41)(H,39,42). The van der Waals surface area contributed by atoms with E-state index >= 15 is 0 Å². The lowest BCUT2D eigenvalue weighted by atomic mass is 9.81. The van der Waals surface area contributed by atoms with E-state index in [1.54, 1.807) is 18.2 Å². The van der Waals surface area contributed by atoms with Crippen LogP contribution in [0.4, 0.5) is 28.0 Å². The van der Waals surface area contributed by atoms with Crippen LogP contribution in [0, 0.1) is 5.82 Å².